The zero-order valence-electron chi connectivity index (χ0n) is 13.4. The Labute approximate surface area is 132 Å². The molecule has 1 aromatic carbocycles. The number of ether oxygens (including phenoxy) is 1. The number of nitrogens with one attached hydrogen (secondary N) is 2. The fourth-order valence-electron chi connectivity index (χ4n) is 2.85. The lowest BCUT2D eigenvalue weighted by Crippen LogP contribution is -2.08. The van der Waals surface area contributed by atoms with Crippen molar-refractivity contribution in [1.29, 1.82) is 0 Å². The largest absolute Gasteiger partial charge is 0.493 e. The summed E-state index contributed by atoms with van der Waals surface area (Å²) in [6, 6.07) is 10.6. The highest BCUT2D eigenvalue weighted by molar-refractivity contribution is 5.29. The predicted molar refractivity (Wildman–Crippen MR) is 88.5 cm³/mol. The van der Waals surface area contributed by atoms with Crippen LogP contribution in [0.1, 0.15) is 49.1 Å². The molecule has 0 spiro atoms. The van der Waals surface area contributed by atoms with Gasteiger partial charge in [0, 0.05) is 24.6 Å². The second-order valence-corrected chi connectivity index (χ2v) is 6.33. The lowest BCUT2D eigenvalue weighted by atomic mass is 10.0. The van der Waals surface area contributed by atoms with Gasteiger partial charge in [0.2, 0.25) is 0 Å². The molecular formula is C18H25N3O. The molecule has 1 aliphatic rings. The fourth-order valence-corrected chi connectivity index (χ4v) is 2.85. The summed E-state index contributed by atoms with van der Waals surface area (Å²) in [4.78, 5) is 0. The lowest BCUT2D eigenvalue weighted by Gasteiger charge is -2.08. The molecular weight excluding hydrogens is 274 g/mol. The molecule has 3 rings (SSSR count). The van der Waals surface area contributed by atoms with E-state index in [1.54, 1.807) is 0 Å². The first-order chi connectivity index (χ1) is 10.7. The third-order valence-electron chi connectivity index (χ3n) is 4.32. The third kappa shape index (κ3) is 3.69. The van der Waals surface area contributed by atoms with Crippen molar-refractivity contribution in [2.75, 3.05) is 19.7 Å². The van der Waals surface area contributed by atoms with Crippen molar-refractivity contribution in [2.24, 2.45) is 0 Å². The Balaban J connectivity index is 1.48. The number of hydrogen-bond donors (Lipinski definition) is 2. The molecule has 0 unspecified atom stereocenters. The van der Waals surface area contributed by atoms with Gasteiger partial charge in [0.25, 0.3) is 0 Å². The van der Waals surface area contributed by atoms with Gasteiger partial charge in [0.05, 0.1) is 12.3 Å². The van der Waals surface area contributed by atoms with Crippen LogP contribution in [0.5, 0.6) is 5.75 Å². The van der Waals surface area contributed by atoms with Gasteiger partial charge in [-0.15, -0.1) is 0 Å². The Bertz CT molecular complexity index is 583. The van der Waals surface area contributed by atoms with Crippen LogP contribution in [-0.4, -0.2) is 29.9 Å². The molecule has 2 aromatic rings. The van der Waals surface area contributed by atoms with Crippen LogP contribution >= 0.6 is 0 Å². The highest BCUT2D eigenvalue weighted by Crippen LogP contribution is 2.21. The molecule has 0 bridgehead atoms. The average Bonchev–Trinajstić information content (AvgIpc) is 3.19. The number of benzene rings is 1. The number of aromatic nitrogens is 2. The quantitative estimate of drug-likeness (QED) is 0.861. The lowest BCUT2D eigenvalue weighted by molar-refractivity contribution is 0.320. The van der Waals surface area contributed by atoms with Crippen molar-refractivity contribution in [2.45, 2.75) is 38.5 Å². The number of nitrogens with zero attached hydrogens (tertiary/aromatic N) is 1. The van der Waals surface area contributed by atoms with Crippen LogP contribution in [0.3, 0.4) is 0 Å². The third-order valence-corrected chi connectivity index (χ3v) is 4.32. The van der Waals surface area contributed by atoms with Crippen LogP contribution in [0.2, 0.25) is 0 Å². The summed E-state index contributed by atoms with van der Waals surface area (Å²) < 4.78 is 5.82. The topological polar surface area (TPSA) is 49.9 Å². The maximum atomic E-state index is 5.82. The van der Waals surface area contributed by atoms with Gasteiger partial charge in [0.1, 0.15) is 5.75 Å². The minimum atomic E-state index is 0.558. The summed E-state index contributed by atoms with van der Waals surface area (Å²) in [6.07, 6.45) is 2.04. The van der Waals surface area contributed by atoms with Crippen LogP contribution in [0.4, 0.5) is 0 Å². The first-order valence-corrected chi connectivity index (χ1v) is 8.20. The van der Waals surface area contributed by atoms with Crippen LogP contribution < -0.4 is 10.1 Å². The van der Waals surface area contributed by atoms with Gasteiger partial charge >= 0.3 is 0 Å². The molecule has 0 radical (unpaired) electrons. The van der Waals surface area contributed by atoms with Crippen LogP contribution in [0, 0.1) is 0 Å². The molecule has 4 heteroatoms. The molecule has 2 heterocycles. The predicted octanol–water partition coefficient (Wildman–Crippen LogP) is 3.23. The van der Waals surface area contributed by atoms with Gasteiger partial charge in [-0.2, -0.15) is 5.10 Å². The van der Waals surface area contributed by atoms with Crippen LogP contribution in [0.25, 0.3) is 0 Å². The number of aromatic amines is 1. The van der Waals surface area contributed by atoms with E-state index in [0.717, 1.165) is 31.0 Å². The van der Waals surface area contributed by atoms with Crippen molar-refractivity contribution in [3.63, 3.8) is 0 Å². The highest BCUT2D eigenvalue weighted by Gasteiger charge is 2.19. The van der Waals surface area contributed by atoms with Gasteiger partial charge in [-0.3, -0.25) is 5.10 Å². The van der Waals surface area contributed by atoms with Gasteiger partial charge in [-0.1, -0.05) is 26.0 Å². The fraction of sp³-hybridized carbons (Fsp3) is 0.500. The van der Waals surface area contributed by atoms with Crippen molar-refractivity contribution < 1.29 is 4.74 Å². The monoisotopic (exact) mass is 299 g/mol. The van der Waals surface area contributed by atoms with Crippen molar-refractivity contribution in [1.82, 2.24) is 15.5 Å². The van der Waals surface area contributed by atoms with Crippen molar-refractivity contribution in [3.05, 3.63) is 47.3 Å². The Morgan fingerprint density at radius 2 is 2.09 bits per heavy atom. The molecule has 118 valence electrons. The van der Waals surface area contributed by atoms with Crippen molar-refractivity contribution in [3.8, 4) is 5.75 Å². The van der Waals surface area contributed by atoms with E-state index in [2.05, 4.69) is 59.7 Å². The Kier molecular flexibility index (Phi) is 4.78. The van der Waals surface area contributed by atoms with Crippen molar-refractivity contribution >= 4 is 0 Å². The summed E-state index contributed by atoms with van der Waals surface area (Å²) >= 11 is 0. The average molecular weight is 299 g/mol. The Morgan fingerprint density at radius 1 is 1.27 bits per heavy atom. The SMILES string of the molecule is CC(C)c1ccc(OCCc2cc([C@@H]3CCNC3)n[nH]2)cc1. The Morgan fingerprint density at radius 3 is 2.77 bits per heavy atom. The Hall–Kier alpha value is -1.81. The molecule has 2 N–H and O–H groups in total. The molecule has 4 nitrogen and oxygen atoms in total. The summed E-state index contributed by atoms with van der Waals surface area (Å²) in [6.45, 7) is 7.22. The number of hydrogen-bond acceptors (Lipinski definition) is 3. The van der Waals surface area contributed by atoms with Gasteiger partial charge in [0.15, 0.2) is 0 Å². The molecule has 1 fully saturated rings. The van der Waals surface area contributed by atoms with E-state index in [1.807, 2.05) is 0 Å². The van der Waals surface area contributed by atoms with E-state index in [4.69, 9.17) is 4.74 Å². The van der Waals surface area contributed by atoms with Crippen LogP contribution in [0.15, 0.2) is 30.3 Å². The molecule has 1 saturated heterocycles. The second kappa shape index (κ2) is 6.97. The second-order valence-electron chi connectivity index (χ2n) is 6.33. The van der Waals surface area contributed by atoms with E-state index < -0.39 is 0 Å². The summed E-state index contributed by atoms with van der Waals surface area (Å²) in [7, 11) is 0. The molecule has 0 saturated carbocycles. The summed E-state index contributed by atoms with van der Waals surface area (Å²) in [5.41, 5.74) is 3.68. The maximum Gasteiger partial charge on any atom is 0.119 e. The molecule has 1 aromatic heterocycles. The molecule has 1 aliphatic heterocycles. The summed E-state index contributed by atoms with van der Waals surface area (Å²) in [5.74, 6) is 2.06. The van der Waals surface area contributed by atoms with Gasteiger partial charge in [-0.25, -0.2) is 0 Å². The highest BCUT2D eigenvalue weighted by atomic mass is 16.5. The normalized spacial score (nSPS) is 18.0. The smallest absolute Gasteiger partial charge is 0.119 e. The first-order valence-electron chi connectivity index (χ1n) is 8.20. The molecule has 22 heavy (non-hydrogen) atoms. The molecule has 0 amide bonds. The standard InChI is InChI=1S/C18H25N3O/c1-13(2)14-3-5-17(6-4-14)22-10-8-16-11-18(21-20-16)15-7-9-19-12-15/h3-6,11,13,15,19H,7-10,12H2,1-2H3,(H,20,21)/t15-/m1/s1. The minimum absolute atomic E-state index is 0.558. The molecule has 1 atom stereocenters. The van der Waals surface area contributed by atoms with E-state index in [1.165, 1.54) is 17.7 Å². The zero-order chi connectivity index (χ0) is 15.4. The van der Waals surface area contributed by atoms with Crippen LogP contribution in [-0.2, 0) is 6.42 Å². The first kappa shape index (κ1) is 15.1. The van der Waals surface area contributed by atoms with Gasteiger partial charge < -0.3 is 10.1 Å². The number of H-pyrrole nitrogens is 1. The summed E-state index contributed by atoms with van der Waals surface area (Å²) in [5, 5.41) is 10.9. The van der Waals surface area contributed by atoms with E-state index in [-0.39, 0.29) is 0 Å². The minimum Gasteiger partial charge on any atom is -0.493 e. The van der Waals surface area contributed by atoms with E-state index >= 15 is 0 Å². The van der Waals surface area contributed by atoms with Gasteiger partial charge in [-0.05, 0) is 42.6 Å². The number of rotatable bonds is 6. The maximum absolute atomic E-state index is 5.82. The molecule has 0 aliphatic carbocycles. The zero-order valence-corrected chi connectivity index (χ0v) is 13.4. The van der Waals surface area contributed by atoms with E-state index in [0.29, 0.717) is 18.4 Å². The van der Waals surface area contributed by atoms with E-state index in [9.17, 15) is 0 Å².